The molecule has 1 atom stereocenters. The minimum absolute atomic E-state index is 0.0739. The largest absolute Gasteiger partial charge is 0.354 e. The Morgan fingerprint density at radius 2 is 1.74 bits per heavy atom. The highest BCUT2D eigenvalue weighted by Gasteiger charge is 2.18. The van der Waals surface area contributed by atoms with Gasteiger partial charge in [-0.3, -0.25) is 9.59 Å². The van der Waals surface area contributed by atoms with Crippen molar-refractivity contribution in [1.82, 2.24) is 25.4 Å². The Kier molecular flexibility index (Phi) is 7.32. The number of hydrogen-bond acceptors (Lipinski definition) is 4. The number of benzene rings is 2. The molecule has 2 aromatic carbocycles. The highest BCUT2D eigenvalue weighted by Crippen LogP contribution is 2.25. The van der Waals surface area contributed by atoms with E-state index in [1.54, 1.807) is 12.3 Å². The van der Waals surface area contributed by atoms with Crippen molar-refractivity contribution in [3.63, 3.8) is 0 Å². The van der Waals surface area contributed by atoms with Crippen molar-refractivity contribution in [1.29, 1.82) is 0 Å². The number of carbonyl (C=O) groups is 2. The number of amides is 2. The van der Waals surface area contributed by atoms with Crippen molar-refractivity contribution in [2.75, 3.05) is 6.54 Å². The van der Waals surface area contributed by atoms with Crippen LogP contribution in [-0.4, -0.2) is 39.2 Å². The summed E-state index contributed by atoms with van der Waals surface area (Å²) in [7, 11) is 0. The summed E-state index contributed by atoms with van der Waals surface area (Å²) in [4.78, 5) is 30.1. The minimum Gasteiger partial charge on any atom is -0.354 e. The zero-order chi connectivity index (χ0) is 23.9. The van der Waals surface area contributed by atoms with Gasteiger partial charge in [0.2, 0.25) is 5.91 Å². The van der Waals surface area contributed by atoms with Gasteiger partial charge in [0.05, 0.1) is 29.4 Å². The van der Waals surface area contributed by atoms with Crippen LogP contribution < -0.4 is 10.6 Å². The van der Waals surface area contributed by atoms with Crippen molar-refractivity contribution in [2.24, 2.45) is 0 Å². The molecule has 2 N–H and O–H groups in total. The van der Waals surface area contributed by atoms with Crippen LogP contribution >= 0.6 is 0 Å². The molecular weight excluding hydrogens is 426 g/mol. The molecule has 0 bridgehead atoms. The lowest BCUT2D eigenvalue weighted by Gasteiger charge is -2.12. The number of carbonyl (C=O) groups excluding carboxylic acids is 2. The average molecular weight is 456 g/mol. The van der Waals surface area contributed by atoms with Gasteiger partial charge >= 0.3 is 0 Å². The normalized spacial score (nSPS) is 11.8. The molecule has 4 rings (SSSR count). The average Bonchev–Trinajstić information content (AvgIpc) is 3.27. The maximum absolute atomic E-state index is 13.2. The van der Waals surface area contributed by atoms with Crippen molar-refractivity contribution in [2.45, 2.75) is 39.3 Å². The summed E-state index contributed by atoms with van der Waals surface area (Å²) >= 11 is 0. The van der Waals surface area contributed by atoms with Crippen molar-refractivity contribution < 1.29 is 9.59 Å². The van der Waals surface area contributed by atoms with Crippen LogP contribution in [0.15, 0.2) is 72.9 Å². The Morgan fingerprint density at radius 1 is 1.03 bits per heavy atom. The Hall–Kier alpha value is -4.00. The molecule has 0 spiro atoms. The topological polar surface area (TPSA) is 88.9 Å². The van der Waals surface area contributed by atoms with E-state index in [2.05, 4.69) is 15.7 Å². The number of hydrogen-bond donors (Lipinski definition) is 2. The van der Waals surface area contributed by atoms with Crippen molar-refractivity contribution in [3.8, 4) is 11.3 Å². The maximum atomic E-state index is 13.2. The van der Waals surface area contributed by atoms with E-state index in [1.807, 2.05) is 79.2 Å². The predicted octanol–water partition coefficient (Wildman–Crippen LogP) is 4.18. The van der Waals surface area contributed by atoms with E-state index in [1.165, 1.54) is 0 Å². The van der Waals surface area contributed by atoms with Gasteiger partial charge in [-0.1, -0.05) is 67.6 Å². The molecule has 0 aliphatic carbocycles. The van der Waals surface area contributed by atoms with E-state index < -0.39 is 0 Å². The first-order chi connectivity index (χ1) is 16.5. The van der Waals surface area contributed by atoms with Crippen LogP contribution in [0.25, 0.3) is 22.3 Å². The van der Waals surface area contributed by atoms with Gasteiger partial charge in [-0.15, -0.1) is 0 Å². The molecule has 0 aliphatic rings. The summed E-state index contributed by atoms with van der Waals surface area (Å²) in [6.45, 7) is 4.78. The summed E-state index contributed by atoms with van der Waals surface area (Å²) in [6, 6.07) is 21.7. The monoisotopic (exact) mass is 455 g/mol. The highest BCUT2D eigenvalue weighted by atomic mass is 16.2. The first kappa shape index (κ1) is 23.2. The van der Waals surface area contributed by atoms with E-state index in [0.29, 0.717) is 28.8 Å². The third kappa shape index (κ3) is 5.49. The Labute approximate surface area is 199 Å². The van der Waals surface area contributed by atoms with E-state index in [-0.39, 0.29) is 30.8 Å². The van der Waals surface area contributed by atoms with Crippen LogP contribution in [0.4, 0.5) is 0 Å². The summed E-state index contributed by atoms with van der Waals surface area (Å²) < 4.78 is 1.81. The van der Waals surface area contributed by atoms with Gasteiger partial charge in [-0.05, 0) is 25.0 Å². The molecule has 0 saturated heterocycles. The number of aromatic nitrogens is 3. The Balaban J connectivity index is 1.62. The second-order valence-corrected chi connectivity index (χ2v) is 8.33. The first-order valence-corrected chi connectivity index (χ1v) is 11.6. The summed E-state index contributed by atoms with van der Waals surface area (Å²) in [5, 5.41) is 11.0. The minimum atomic E-state index is -0.250. The lowest BCUT2D eigenvalue weighted by Crippen LogP contribution is -2.35. The smallest absolute Gasteiger partial charge is 0.252 e. The van der Waals surface area contributed by atoms with Gasteiger partial charge in [0.25, 0.3) is 5.91 Å². The first-order valence-electron chi connectivity index (χ1n) is 11.6. The van der Waals surface area contributed by atoms with Crippen molar-refractivity contribution in [3.05, 3.63) is 84.1 Å². The fraction of sp³-hybridized carbons (Fsp3) is 0.259. The van der Waals surface area contributed by atoms with E-state index in [0.717, 1.165) is 17.5 Å². The number of pyridine rings is 1. The van der Waals surface area contributed by atoms with Gasteiger partial charge in [-0.25, -0.2) is 9.67 Å². The molecule has 4 aromatic rings. The van der Waals surface area contributed by atoms with E-state index in [4.69, 9.17) is 4.98 Å². The SMILES string of the molecule is CCC(C)NC(=O)CCNC(=O)c1cc(-c2ccccc2)nc2c1cnn2Cc1ccccc1. The molecule has 2 aromatic heterocycles. The fourth-order valence-corrected chi connectivity index (χ4v) is 3.70. The van der Waals surface area contributed by atoms with Crippen LogP contribution in [0.1, 0.15) is 42.6 Å². The molecule has 174 valence electrons. The Morgan fingerprint density at radius 3 is 2.44 bits per heavy atom. The lowest BCUT2D eigenvalue weighted by atomic mass is 10.1. The molecule has 7 heteroatoms. The lowest BCUT2D eigenvalue weighted by molar-refractivity contribution is -0.121. The standard InChI is InChI=1S/C27H29N5O2/c1-3-19(2)30-25(33)14-15-28-27(34)22-16-24(21-12-8-5-9-13-21)31-26-23(22)17-29-32(26)18-20-10-6-4-7-11-20/h4-13,16-17,19H,3,14-15,18H2,1-2H3,(H,28,34)(H,30,33). The zero-order valence-corrected chi connectivity index (χ0v) is 19.5. The molecule has 1 unspecified atom stereocenters. The summed E-state index contributed by atoms with van der Waals surface area (Å²) in [6.07, 6.45) is 2.77. The number of nitrogens with zero attached hydrogens (tertiary/aromatic N) is 3. The maximum Gasteiger partial charge on any atom is 0.252 e. The molecular formula is C27H29N5O2. The second kappa shape index (κ2) is 10.7. The van der Waals surface area contributed by atoms with Gasteiger partial charge in [0.15, 0.2) is 5.65 Å². The number of nitrogens with one attached hydrogen (secondary N) is 2. The van der Waals surface area contributed by atoms with Crippen LogP contribution in [0, 0.1) is 0 Å². The third-order valence-electron chi connectivity index (χ3n) is 5.76. The highest BCUT2D eigenvalue weighted by molar-refractivity contribution is 6.06. The molecule has 0 saturated carbocycles. The number of fused-ring (bicyclic) bond motifs is 1. The summed E-state index contributed by atoms with van der Waals surface area (Å²) in [5.41, 5.74) is 3.84. The van der Waals surface area contributed by atoms with Gasteiger partial charge < -0.3 is 10.6 Å². The molecule has 7 nitrogen and oxygen atoms in total. The van der Waals surface area contributed by atoms with Crippen molar-refractivity contribution >= 4 is 22.8 Å². The molecule has 2 amide bonds. The van der Waals surface area contributed by atoms with Gasteiger partial charge in [0, 0.05) is 24.6 Å². The molecule has 0 radical (unpaired) electrons. The fourth-order valence-electron chi connectivity index (χ4n) is 3.70. The molecule has 0 fully saturated rings. The molecule has 2 heterocycles. The number of rotatable bonds is 9. The van der Waals surface area contributed by atoms with Crippen LogP contribution in [0.2, 0.25) is 0 Å². The summed E-state index contributed by atoms with van der Waals surface area (Å²) in [5.74, 6) is -0.324. The van der Waals surface area contributed by atoms with Gasteiger partial charge in [0.1, 0.15) is 0 Å². The predicted molar refractivity (Wildman–Crippen MR) is 133 cm³/mol. The third-order valence-corrected chi connectivity index (χ3v) is 5.76. The zero-order valence-electron chi connectivity index (χ0n) is 19.5. The molecule has 34 heavy (non-hydrogen) atoms. The van der Waals surface area contributed by atoms with Gasteiger partial charge in [-0.2, -0.15) is 5.10 Å². The van der Waals surface area contributed by atoms with Crippen LogP contribution in [-0.2, 0) is 11.3 Å². The Bertz CT molecular complexity index is 1270. The molecule has 0 aliphatic heterocycles. The van der Waals surface area contributed by atoms with E-state index in [9.17, 15) is 9.59 Å². The quantitative estimate of drug-likeness (QED) is 0.396. The second-order valence-electron chi connectivity index (χ2n) is 8.33. The van der Waals surface area contributed by atoms with E-state index >= 15 is 0 Å². The van der Waals surface area contributed by atoms with Crippen LogP contribution in [0.3, 0.4) is 0 Å². The van der Waals surface area contributed by atoms with Crippen LogP contribution in [0.5, 0.6) is 0 Å².